The molecular formula is C13H25NS. The summed E-state index contributed by atoms with van der Waals surface area (Å²) in [6, 6.07) is 0.793. The van der Waals surface area contributed by atoms with E-state index in [2.05, 4.69) is 30.9 Å². The number of nitrogens with one attached hydrogen (secondary N) is 1. The third-order valence-corrected chi connectivity index (χ3v) is 5.22. The predicted molar refractivity (Wildman–Crippen MR) is 69.5 cm³/mol. The number of hydrogen-bond acceptors (Lipinski definition) is 2. The fourth-order valence-corrected chi connectivity index (χ4v) is 4.24. The molecule has 0 amide bonds. The van der Waals surface area contributed by atoms with Crippen molar-refractivity contribution >= 4 is 11.8 Å². The lowest BCUT2D eigenvalue weighted by Crippen LogP contribution is -2.51. The van der Waals surface area contributed by atoms with Gasteiger partial charge >= 0.3 is 0 Å². The summed E-state index contributed by atoms with van der Waals surface area (Å²) in [5, 5.41) is 3.92. The Labute approximate surface area is 98.8 Å². The van der Waals surface area contributed by atoms with Gasteiger partial charge in [0.2, 0.25) is 0 Å². The second-order valence-corrected chi connectivity index (χ2v) is 6.96. The van der Waals surface area contributed by atoms with Crippen molar-refractivity contribution in [1.82, 2.24) is 5.32 Å². The van der Waals surface area contributed by atoms with Crippen molar-refractivity contribution in [2.75, 3.05) is 11.5 Å². The first-order chi connectivity index (χ1) is 7.18. The Hall–Kier alpha value is 0.310. The summed E-state index contributed by atoms with van der Waals surface area (Å²) in [6.07, 6.45) is 8.55. The van der Waals surface area contributed by atoms with Crippen LogP contribution in [0.25, 0.3) is 0 Å². The molecule has 0 aromatic rings. The molecule has 0 bridgehead atoms. The van der Waals surface area contributed by atoms with Crippen molar-refractivity contribution in [3.63, 3.8) is 0 Å². The molecule has 1 aliphatic carbocycles. The molecule has 0 aromatic heterocycles. The molecule has 1 saturated carbocycles. The first kappa shape index (κ1) is 11.8. The van der Waals surface area contributed by atoms with Crippen molar-refractivity contribution < 1.29 is 0 Å². The molecule has 1 heterocycles. The van der Waals surface area contributed by atoms with E-state index in [9.17, 15) is 0 Å². The molecule has 0 unspecified atom stereocenters. The maximum atomic E-state index is 3.92. The number of rotatable bonds is 3. The lowest BCUT2D eigenvalue weighted by molar-refractivity contribution is 0.222. The fourth-order valence-electron chi connectivity index (χ4n) is 3.13. The maximum Gasteiger partial charge on any atom is 0.0155 e. The van der Waals surface area contributed by atoms with Gasteiger partial charge in [-0.05, 0) is 57.0 Å². The van der Waals surface area contributed by atoms with Crippen LogP contribution in [0.3, 0.4) is 0 Å². The van der Waals surface area contributed by atoms with Crippen LogP contribution in [0.4, 0.5) is 0 Å². The molecule has 1 aliphatic heterocycles. The minimum Gasteiger partial charge on any atom is -0.309 e. The third-order valence-electron chi connectivity index (χ3n) is 4.17. The topological polar surface area (TPSA) is 12.0 Å². The van der Waals surface area contributed by atoms with E-state index in [0.717, 1.165) is 12.0 Å². The maximum absolute atomic E-state index is 3.92. The van der Waals surface area contributed by atoms with E-state index in [1.807, 2.05) is 0 Å². The fraction of sp³-hybridized carbons (Fsp3) is 1.00. The Bertz CT molecular complexity index is 191. The van der Waals surface area contributed by atoms with Crippen LogP contribution in [0, 0.1) is 5.92 Å². The highest BCUT2D eigenvalue weighted by atomic mass is 32.2. The average Bonchev–Trinajstić information content (AvgIpc) is 2.71. The van der Waals surface area contributed by atoms with Gasteiger partial charge in [-0.2, -0.15) is 11.8 Å². The number of hydrogen-bond donors (Lipinski definition) is 1. The van der Waals surface area contributed by atoms with Crippen molar-refractivity contribution in [2.45, 2.75) is 64.0 Å². The quantitative estimate of drug-likeness (QED) is 0.792. The monoisotopic (exact) mass is 227 g/mol. The van der Waals surface area contributed by atoms with Gasteiger partial charge in [0, 0.05) is 11.6 Å². The van der Waals surface area contributed by atoms with Crippen LogP contribution < -0.4 is 5.32 Å². The summed E-state index contributed by atoms with van der Waals surface area (Å²) >= 11 is 2.12. The molecule has 0 radical (unpaired) electrons. The van der Waals surface area contributed by atoms with Crippen LogP contribution in [0.1, 0.15) is 52.4 Å². The van der Waals surface area contributed by atoms with Crippen LogP contribution in [0.2, 0.25) is 0 Å². The highest BCUT2D eigenvalue weighted by Gasteiger charge is 2.33. The van der Waals surface area contributed by atoms with Crippen LogP contribution in [0.5, 0.6) is 0 Å². The van der Waals surface area contributed by atoms with Gasteiger partial charge in [-0.15, -0.1) is 0 Å². The van der Waals surface area contributed by atoms with Crippen LogP contribution in [-0.2, 0) is 0 Å². The first-order valence-electron chi connectivity index (χ1n) is 6.54. The Kier molecular flexibility index (Phi) is 4.00. The SMILES string of the molecule is CC(C)(NC1CCSCC1)C1CCCC1. The molecule has 15 heavy (non-hydrogen) atoms. The molecule has 1 N–H and O–H groups in total. The van der Waals surface area contributed by atoms with Crippen LogP contribution >= 0.6 is 11.8 Å². The lowest BCUT2D eigenvalue weighted by Gasteiger charge is -2.38. The van der Waals surface area contributed by atoms with E-state index in [-0.39, 0.29) is 0 Å². The summed E-state index contributed by atoms with van der Waals surface area (Å²) < 4.78 is 0. The van der Waals surface area contributed by atoms with E-state index >= 15 is 0 Å². The molecule has 2 aliphatic rings. The Morgan fingerprint density at radius 2 is 1.60 bits per heavy atom. The molecule has 88 valence electrons. The Morgan fingerprint density at radius 3 is 2.20 bits per heavy atom. The summed E-state index contributed by atoms with van der Waals surface area (Å²) in [5.74, 6) is 3.64. The summed E-state index contributed by atoms with van der Waals surface area (Å²) in [4.78, 5) is 0. The molecular weight excluding hydrogens is 202 g/mol. The highest BCUT2D eigenvalue weighted by Crippen LogP contribution is 2.34. The summed E-state index contributed by atoms with van der Waals surface area (Å²) in [7, 11) is 0. The minimum absolute atomic E-state index is 0.378. The zero-order valence-electron chi connectivity index (χ0n) is 10.2. The van der Waals surface area contributed by atoms with Crippen LogP contribution in [-0.4, -0.2) is 23.1 Å². The molecule has 1 nitrogen and oxygen atoms in total. The third kappa shape index (κ3) is 3.13. The molecule has 2 rings (SSSR count). The van der Waals surface area contributed by atoms with Gasteiger partial charge in [-0.3, -0.25) is 0 Å². The first-order valence-corrected chi connectivity index (χ1v) is 7.69. The zero-order valence-corrected chi connectivity index (χ0v) is 11.0. The van der Waals surface area contributed by atoms with Gasteiger partial charge in [0.05, 0.1) is 0 Å². The second kappa shape index (κ2) is 5.09. The summed E-state index contributed by atoms with van der Waals surface area (Å²) in [5.41, 5.74) is 0.378. The van der Waals surface area contributed by atoms with Gasteiger partial charge in [0.1, 0.15) is 0 Å². The second-order valence-electron chi connectivity index (χ2n) is 5.73. The van der Waals surface area contributed by atoms with Crippen molar-refractivity contribution in [2.24, 2.45) is 5.92 Å². The van der Waals surface area contributed by atoms with Crippen molar-refractivity contribution in [1.29, 1.82) is 0 Å². The minimum atomic E-state index is 0.378. The molecule has 0 spiro atoms. The Morgan fingerprint density at radius 1 is 1.00 bits per heavy atom. The summed E-state index contributed by atoms with van der Waals surface area (Å²) in [6.45, 7) is 4.84. The van der Waals surface area contributed by atoms with Gasteiger partial charge in [-0.1, -0.05) is 12.8 Å². The molecule has 0 aromatic carbocycles. The lowest BCUT2D eigenvalue weighted by atomic mass is 9.85. The Balaban J connectivity index is 1.84. The largest absolute Gasteiger partial charge is 0.309 e. The highest BCUT2D eigenvalue weighted by molar-refractivity contribution is 7.99. The normalized spacial score (nSPS) is 26.0. The predicted octanol–water partition coefficient (Wildman–Crippen LogP) is 3.44. The molecule has 1 saturated heterocycles. The van der Waals surface area contributed by atoms with E-state index in [4.69, 9.17) is 0 Å². The van der Waals surface area contributed by atoms with Gasteiger partial charge in [0.15, 0.2) is 0 Å². The van der Waals surface area contributed by atoms with E-state index in [0.29, 0.717) is 5.54 Å². The molecule has 2 heteroatoms. The van der Waals surface area contributed by atoms with E-state index < -0.39 is 0 Å². The van der Waals surface area contributed by atoms with Crippen molar-refractivity contribution in [3.8, 4) is 0 Å². The van der Waals surface area contributed by atoms with Crippen molar-refractivity contribution in [3.05, 3.63) is 0 Å². The number of thioether (sulfide) groups is 1. The standard InChI is InChI=1S/C13H25NS/c1-13(2,11-5-3-4-6-11)14-12-7-9-15-10-8-12/h11-12,14H,3-10H2,1-2H3. The zero-order chi connectivity index (χ0) is 10.7. The average molecular weight is 227 g/mol. The van der Waals surface area contributed by atoms with Gasteiger partial charge < -0.3 is 5.32 Å². The molecule has 0 atom stereocenters. The van der Waals surface area contributed by atoms with Crippen LogP contribution in [0.15, 0.2) is 0 Å². The van der Waals surface area contributed by atoms with E-state index in [1.54, 1.807) is 0 Å². The van der Waals surface area contributed by atoms with Gasteiger partial charge in [0.25, 0.3) is 0 Å². The van der Waals surface area contributed by atoms with Gasteiger partial charge in [-0.25, -0.2) is 0 Å². The smallest absolute Gasteiger partial charge is 0.0155 e. The molecule has 2 fully saturated rings. The van der Waals surface area contributed by atoms with E-state index in [1.165, 1.54) is 50.0 Å².